The number of carbonyl (C=O) groups excluding carboxylic acids is 1. The number of pyridine rings is 1. The first-order chi connectivity index (χ1) is 13.2. The first kappa shape index (κ1) is 18.3. The fourth-order valence-corrected chi connectivity index (χ4v) is 2.45. The van der Waals surface area contributed by atoms with E-state index in [0.717, 1.165) is 5.56 Å². The largest absolute Gasteiger partial charge is 0.484 e. The quantitative estimate of drug-likeness (QED) is 0.617. The Bertz CT molecular complexity index is 927. The van der Waals surface area contributed by atoms with E-state index in [1.54, 1.807) is 30.6 Å². The molecule has 0 spiro atoms. The number of ether oxygens (including phenoxy) is 1. The second kappa shape index (κ2) is 9.28. The summed E-state index contributed by atoms with van der Waals surface area (Å²) < 4.78 is 6.78. The molecular formula is C20H20N4O3. The summed E-state index contributed by atoms with van der Waals surface area (Å²) in [6.45, 7) is 0.799. The molecule has 0 bridgehead atoms. The second-order valence-corrected chi connectivity index (χ2v) is 5.83. The van der Waals surface area contributed by atoms with Gasteiger partial charge in [-0.3, -0.25) is 14.6 Å². The molecule has 0 aliphatic rings. The maximum absolute atomic E-state index is 12.0. The summed E-state index contributed by atoms with van der Waals surface area (Å²) in [5.41, 5.74) is 1.35. The number of carbonyl (C=O) groups is 1. The third-order valence-corrected chi connectivity index (χ3v) is 3.81. The number of amides is 1. The van der Waals surface area contributed by atoms with Gasteiger partial charge in [-0.25, -0.2) is 4.68 Å². The molecule has 0 saturated heterocycles. The van der Waals surface area contributed by atoms with Gasteiger partial charge in [0.15, 0.2) is 6.61 Å². The van der Waals surface area contributed by atoms with Crippen molar-refractivity contribution >= 4 is 5.91 Å². The number of aryl methyl sites for hydroxylation is 1. The van der Waals surface area contributed by atoms with E-state index in [1.807, 2.05) is 30.3 Å². The molecule has 0 saturated carbocycles. The van der Waals surface area contributed by atoms with Gasteiger partial charge in [-0.05, 0) is 36.8 Å². The van der Waals surface area contributed by atoms with Crippen molar-refractivity contribution < 1.29 is 9.53 Å². The van der Waals surface area contributed by atoms with E-state index in [1.165, 1.54) is 10.7 Å². The summed E-state index contributed by atoms with van der Waals surface area (Å²) >= 11 is 0. The Hall–Kier alpha value is -3.48. The van der Waals surface area contributed by atoms with Gasteiger partial charge >= 0.3 is 0 Å². The molecule has 1 aromatic carbocycles. The van der Waals surface area contributed by atoms with Crippen molar-refractivity contribution in [1.82, 2.24) is 20.1 Å². The maximum atomic E-state index is 12.0. The lowest BCUT2D eigenvalue weighted by Crippen LogP contribution is -2.31. The molecule has 2 heterocycles. The molecule has 7 nitrogen and oxygen atoms in total. The monoisotopic (exact) mass is 364 g/mol. The zero-order valence-electron chi connectivity index (χ0n) is 14.7. The Kier molecular flexibility index (Phi) is 6.30. The van der Waals surface area contributed by atoms with Gasteiger partial charge in [-0.2, -0.15) is 5.10 Å². The van der Waals surface area contributed by atoms with Crippen LogP contribution in [-0.2, 0) is 11.3 Å². The van der Waals surface area contributed by atoms with Crippen LogP contribution in [0.5, 0.6) is 5.75 Å². The Balaban J connectivity index is 1.46. The molecule has 138 valence electrons. The Labute approximate surface area is 156 Å². The van der Waals surface area contributed by atoms with Crippen molar-refractivity contribution in [2.45, 2.75) is 13.0 Å². The predicted octanol–water partition coefficient (Wildman–Crippen LogP) is 1.89. The zero-order chi connectivity index (χ0) is 18.9. The van der Waals surface area contributed by atoms with Crippen LogP contribution in [0.3, 0.4) is 0 Å². The predicted molar refractivity (Wildman–Crippen MR) is 101 cm³/mol. The highest BCUT2D eigenvalue weighted by Gasteiger charge is 2.05. The van der Waals surface area contributed by atoms with Crippen LogP contribution in [0, 0.1) is 0 Å². The molecule has 0 fully saturated rings. The number of nitrogens with one attached hydrogen (secondary N) is 1. The molecular weight excluding hydrogens is 344 g/mol. The van der Waals surface area contributed by atoms with Crippen LogP contribution in [-0.4, -0.2) is 33.8 Å². The SMILES string of the molecule is O=C(COc1ccccc1)NCCCn1nc(-c2cccnc2)ccc1=O. The highest BCUT2D eigenvalue weighted by molar-refractivity contribution is 5.77. The lowest BCUT2D eigenvalue weighted by Gasteiger charge is -2.09. The van der Waals surface area contributed by atoms with Gasteiger partial charge in [-0.15, -0.1) is 0 Å². The van der Waals surface area contributed by atoms with Crippen LogP contribution in [0.25, 0.3) is 11.3 Å². The van der Waals surface area contributed by atoms with Crippen LogP contribution >= 0.6 is 0 Å². The summed E-state index contributed by atoms with van der Waals surface area (Å²) in [5, 5.41) is 7.13. The number of hydrogen-bond acceptors (Lipinski definition) is 5. The molecule has 27 heavy (non-hydrogen) atoms. The summed E-state index contributed by atoms with van der Waals surface area (Å²) in [5.74, 6) is 0.443. The number of benzene rings is 1. The molecule has 0 radical (unpaired) electrons. The lowest BCUT2D eigenvalue weighted by atomic mass is 10.2. The van der Waals surface area contributed by atoms with E-state index in [2.05, 4.69) is 15.4 Å². The van der Waals surface area contributed by atoms with Crippen molar-refractivity contribution in [3.05, 3.63) is 77.3 Å². The molecule has 0 aliphatic carbocycles. The summed E-state index contributed by atoms with van der Waals surface area (Å²) in [6.07, 6.45) is 3.97. The van der Waals surface area contributed by atoms with Crippen molar-refractivity contribution in [2.75, 3.05) is 13.2 Å². The van der Waals surface area contributed by atoms with Crippen LogP contribution in [0.2, 0.25) is 0 Å². The lowest BCUT2D eigenvalue weighted by molar-refractivity contribution is -0.123. The van der Waals surface area contributed by atoms with Gasteiger partial charge in [0.25, 0.3) is 11.5 Å². The number of hydrogen-bond donors (Lipinski definition) is 1. The van der Waals surface area contributed by atoms with Crippen LogP contribution in [0.4, 0.5) is 0 Å². The van der Waals surface area contributed by atoms with Crippen molar-refractivity contribution in [3.63, 3.8) is 0 Å². The molecule has 1 amide bonds. The average molecular weight is 364 g/mol. The van der Waals surface area contributed by atoms with Gasteiger partial charge in [-0.1, -0.05) is 18.2 Å². The van der Waals surface area contributed by atoms with Gasteiger partial charge in [0, 0.05) is 37.1 Å². The molecule has 1 N–H and O–H groups in total. The maximum Gasteiger partial charge on any atom is 0.266 e. The fraction of sp³-hybridized carbons (Fsp3) is 0.200. The number of nitrogens with zero attached hydrogens (tertiary/aromatic N) is 3. The third-order valence-electron chi connectivity index (χ3n) is 3.81. The first-order valence-electron chi connectivity index (χ1n) is 8.65. The number of rotatable bonds is 8. The van der Waals surface area contributed by atoms with Crippen molar-refractivity contribution in [2.24, 2.45) is 0 Å². The first-order valence-corrected chi connectivity index (χ1v) is 8.65. The summed E-state index contributed by atoms with van der Waals surface area (Å²) in [4.78, 5) is 27.8. The van der Waals surface area contributed by atoms with Crippen LogP contribution in [0.15, 0.2) is 71.8 Å². The van der Waals surface area contributed by atoms with Crippen molar-refractivity contribution in [3.8, 4) is 17.0 Å². The number of aromatic nitrogens is 3. The molecule has 0 unspecified atom stereocenters. The Morgan fingerprint density at radius 3 is 2.70 bits per heavy atom. The van der Waals surface area contributed by atoms with Gasteiger partial charge in [0.1, 0.15) is 5.75 Å². The Morgan fingerprint density at radius 2 is 1.93 bits per heavy atom. The van der Waals surface area contributed by atoms with Crippen molar-refractivity contribution in [1.29, 1.82) is 0 Å². The normalized spacial score (nSPS) is 10.4. The molecule has 3 aromatic rings. The zero-order valence-corrected chi connectivity index (χ0v) is 14.7. The van der Waals surface area contributed by atoms with Crippen LogP contribution < -0.4 is 15.6 Å². The topological polar surface area (TPSA) is 86.1 Å². The van der Waals surface area contributed by atoms with E-state index < -0.39 is 0 Å². The molecule has 0 atom stereocenters. The van der Waals surface area contributed by atoms with Crippen LogP contribution in [0.1, 0.15) is 6.42 Å². The van der Waals surface area contributed by atoms with E-state index >= 15 is 0 Å². The van der Waals surface area contributed by atoms with E-state index in [0.29, 0.717) is 31.0 Å². The van der Waals surface area contributed by atoms with Gasteiger partial charge < -0.3 is 10.1 Å². The molecule has 2 aromatic heterocycles. The highest BCUT2D eigenvalue weighted by Crippen LogP contribution is 2.12. The van der Waals surface area contributed by atoms with E-state index in [9.17, 15) is 9.59 Å². The minimum absolute atomic E-state index is 0.0430. The minimum Gasteiger partial charge on any atom is -0.484 e. The highest BCUT2D eigenvalue weighted by atomic mass is 16.5. The van der Waals surface area contributed by atoms with Gasteiger partial charge in [0.2, 0.25) is 0 Å². The molecule has 7 heteroatoms. The minimum atomic E-state index is -0.205. The number of para-hydroxylation sites is 1. The standard InChI is InChI=1S/C20H20N4O3/c25-19(15-27-17-7-2-1-3-8-17)22-12-5-13-24-20(26)10-9-18(23-24)16-6-4-11-21-14-16/h1-4,6-11,14H,5,12-13,15H2,(H,22,25). The van der Waals surface area contributed by atoms with E-state index in [4.69, 9.17) is 4.74 Å². The third kappa shape index (κ3) is 5.50. The average Bonchev–Trinajstić information content (AvgIpc) is 2.72. The second-order valence-electron chi connectivity index (χ2n) is 5.83. The smallest absolute Gasteiger partial charge is 0.266 e. The molecule has 3 rings (SSSR count). The molecule has 0 aliphatic heterocycles. The fourth-order valence-electron chi connectivity index (χ4n) is 2.45. The summed E-state index contributed by atoms with van der Waals surface area (Å²) in [7, 11) is 0. The van der Waals surface area contributed by atoms with E-state index in [-0.39, 0.29) is 18.1 Å². The van der Waals surface area contributed by atoms with Gasteiger partial charge in [0.05, 0.1) is 5.69 Å². The Morgan fingerprint density at radius 1 is 1.07 bits per heavy atom. The summed E-state index contributed by atoms with van der Waals surface area (Å²) in [6, 6.07) is 16.0.